The molecule has 0 unspecified atom stereocenters. The molecule has 0 fully saturated rings. The fourth-order valence-corrected chi connectivity index (χ4v) is 2.16. The second kappa shape index (κ2) is 6.31. The Morgan fingerprint density at radius 1 is 1.09 bits per heavy atom. The van der Waals surface area contributed by atoms with Crippen LogP contribution < -0.4 is 5.32 Å². The van der Waals surface area contributed by atoms with E-state index in [0.29, 0.717) is 5.69 Å². The number of anilines is 1. The van der Waals surface area contributed by atoms with Gasteiger partial charge in [-0.3, -0.25) is 4.79 Å². The highest BCUT2D eigenvalue weighted by atomic mass is 19.1. The van der Waals surface area contributed by atoms with Crippen LogP contribution in [0.5, 0.6) is 0 Å². The van der Waals surface area contributed by atoms with Crippen LogP contribution in [-0.2, 0) is 9.53 Å². The van der Waals surface area contributed by atoms with Gasteiger partial charge in [0.05, 0.1) is 0 Å². The smallest absolute Gasteiger partial charge is 0.355 e. The standard InChI is InChI=1S/C17H13FN2O3/c18-12-5-3-6-13(9-12)19-16(21)10-23-17(22)15-8-11-4-1-2-7-14(11)20-15/h1-9,20H,10H2,(H,19,21). The van der Waals surface area contributed by atoms with Crippen LogP contribution in [0.4, 0.5) is 10.1 Å². The average Bonchev–Trinajstić information content (AvgIpc) is 2.97. The number of aromatic nitrogens is 1. The van der Waals surface area contributed by atoms with Gasteiger partial charge in [-0.25, -0.2) is 9.18 Å². The maximum atomic E-state index is 13.0. The molecule has 3 aromatic rings. The van der Waals surface area contributed by atoms with Crippen LogP contribution in [0.3, 0.4) is 0 Å². The Labute approximate surface area is 131 Å². The fraction of sp³-hybridized carbons (Fsp3) is 0.0588. The number of hydrogen-bond acceptors (Lipinski definition) is 3. The molecule has 2 N–H and O–H groups in total. The molecule has 0 saturated heterocycles. The molecular weight excluding hydrogens is 299 g/mol. The first kappa shape index (κ1) is 14.8. The lowest BCUT2D eigenvalue weighted by Crippen LogP contribution is -2.21. The van der Waals surface area contributed by atoms with Crippen molar-refractivity contribution in [2.24, 2.45) is 0 Å². The monoisotopic (exact) mass is 312 g/mol. The van der Waals surface area contributed by atoms with Gasteiger partial charge in [-0.15, -0.1) is 0 Å². The summed E-state index contributed by atoms with van der Waals surface area (Å²) in [5, 5.41) is 3.33. The number of nitrogens with one attached hydrogen (secondary N) is 2. The third-order valence-corrected chi connectivity index (χ3v) is 3.19. The first-order chi connectivity index (χ1) is 11.1. The van der Waals surface area contributed by atoms with Crippen molar-refractivity contribution < 1.29 is 18.7 Å². The van der Waals surface area contributed by atoms with Gasteiger partial charge in [-0.2, -0.15) is 0 Å². The molecule has 5 nitrogen and oxygen atoms in total. The van der Waals surface area contributed by atoms with Gasteiger partial charge in [0.15, 0.2) is 6.61 Å². The molecule has 0 aliphatic carbocycles. The molecule has 2 aromatic carbocycles. The molecule has 0 saturated carbocycles. The van der Waals surface area contributed by atoms with Crippen LogP contribution in [0.1, 0.15) is 10.5 Å². The van der Waals surface area contributed by atoms with Crippen LogP contribution in [0.25, 0.3) is 10.9 Å². The molecule has 116 valence electrons. The van der Waals surface area contributed by atoms with E-state index in [1.807, 2.05) is 24.3 Å². The molecule has 0 bridgehead atoms. The van der Waals surface area contributed by atoms with Crippen molar-refractivity contribution >= 4 is 28.5 Å². The van der Waals surface area contributed by atoms with Gasteiger partial charge in [-0.1, -0.05) is 24.3 Å². The summed E-state index contributed by atoms with van der Waals surface area (Å²) in [5.41, 5.74) is 1.38. The predicted octanol–water partition coefficient (Wildman–Crippen LogP) is 3.10. The number of esters is 1. The molecule has 6 heteroatoms. The molecule has 0 radical (unpaired) electrons. The highest BCUT2D eigenvalue weighted by Gasteiger charge is 2.13. The molecule has 1 aromatic heterocycles. The third-order valence-electron chi connectivity index (χ3n) is 3.19. The van der Waals surface area contributed by atoms with E-state index in [4.69, 9.17) is 4.74 Å². The van der Waals surface area contributed by atoms with E-state index in [1.165, 1.54) is 18.2 Å². The maximum absolute atomic E-state index is 13.0. The number of ether oxygens (including phenoxy) is 1. The quantitative estimate of drug-likeness (QED) is 0.727. The average molecular weight is 312 g/mol. The van der Waals surface area contributed by atoms with E-state index >= 15 is 0 Å². The van der Waals surface area contributed by atoms with Crippen LogP contribution in [0.2, 0.25) is 0 Å². The zero-order valence-electron chi connectivity index (χ0n) is 12.0. The van der Waals surface area contributed by atoms with Crippen molar-refractivity contribution in [3.63, 3.8) is 0 Å². The van der Waals surface area contributed by atoms with E-state index in [2.05, 4.69) is 10.3 Å². The van der Waals surface area contributed by atoms with Crippen molar-refractivity contribution in [2.75, 3.05) is 11.9 Å². The van der Waals surface area contributed by atoms with Gasteiger partial charge < -0.3 is 15.0 Å². The molecule has 0 atom stereocenters. The lowest BCUT2D eigenvalue weighted by molar-refractivity contribution is -0.119. The number of carbonyl (C=O) groups is 2. The molecular formula is C17H13FN2O3. The van der Waals surface area contributed by atoms with E-state index in [1.54, 1.807) is 12.1 Å². The van der Waals surface area contributed by atoms with Gasteiger partial charge in [0, 0.05) is 16.6 Å². The molecule has 0 spiro atoms. The first-order valence-corrected chi connectivity index (χ1v) is 6.92. The minimum Gasteiger partial charge on any atom is -0.451 e. The second-order valence-electron chi connectivity index (χ2n) is 4.90. The van der Waals surface area contributed by atoms with Gasteiger partial charge >= 0.3 is 5.97 Å². The number of hydrogen-bond donors (Lipinski definition) is 2. The van der Waals surface area contributed by atoms with Crippen molar-refractivity contribution in [1.82, 2.24) is 4.98 Å². The van der Waals surface area contributed by atoms with E-state index in [-0.39, 0.29) is 5.69 Å². The van der Waals surface area contributed by atoms with Gasteiger partial charge in [0.25, 0.3) is 5.91 Å². The number of amides is 1. The van der Waals surface area contributed by atoms with E-state index in [0.717, 1.165) is 10.9 Å². The lowest BCUT2D eigenvalue weighted by atomic mass is 10.2. The summed E-state index contributed by atoms with van der Waals surface area (Å²) in [5.74, 6) is -1.63. The number of halogens is 1. The van der Waals surface area contributed by atoms with Gasteiger partial charge in [0.1, 0.15) is 11.5 Å². The summed E-state index contributed by atoms with van der Waals surface area (Å²) in [6.45, 7) is -0.454. The van der Waals surface area contributed by atoms with E-state index in [9.17, 15) is 14.0 Å². The van der Waals surface area contributed by atoms with Crippen LogP contribution in [-0.4, -0.2) is 23.5 Å². The Morgan fingerprint density at radius 3 is 2.70 bits per heavy atom. The number of aromatic amines is 1. The Morgan fingerprint density at radius 2 is 1.91 bits per heavy atom. The predicted molar refractivity (Wildman–Crippen MR) is 83.6 cm³/mol. The number of para-hydroxylation sites is 1. The van der Waals surface area contributed by atoms with Crippen molar-refractivity contribution in [3.05, 3.63) is 66.1 Å². The minimum atomic E-state index is -0.629. The molecule has 0 aliphatic heterocycles. The summed E-state index contributed by atoms with van der Waals surface area (Å²) in [4.78, 5) is 26.6. The van der Waals surface area contributed by atoms with Crippen LogP contribution in [0.15, 0.2) is 54.6 Å². The molecule has 23 heavy (non-hydrogen) atoms. The van der Waals surface area contributed by atoms with Crippen molar-refractivity contribution in [3.8, 4) is 0 Å². The Balaban J connectivity index is 1.59. The molecule has 0 aliphatic rings. The summed E-state index contributed by atoms with van der Waals surface area (Å²) in [7, 11) is 0. The summed E-state index contributed by atoms with van der Waals surface area (Å²) in [6, 6.07) is 14.5. The SMILES string of the molecule is O=C(COC(=O)c1cc2ccccc2[nH]1)Nc1cccc(F)c1. The lowest BCUT2D eigenvalue weighted by Gasteiger charge is -2.06. The largest absolute Gasteiger partial charge is 0.451 e. The van der Waals surface area contributed by atoms with E-state index < -0.39 is 24.3 Å². The fourth-order valence-electron chi connectivity index (χ4n) is 2.16. The van der Waals surface area contributed by atoms with Crippen molar-refractivity contribution in [2.45, 2.75) is 0 Å². The minimum absolute atomic E-state index is 0.268. The summed E-state index contributed by atoms with van der Waals surface area (Å²) < 4.78 is 18.0. The topological polar surface area (TPSA) is 71.2 Å². The Bertz CT molecular complexity index is 840. The van der Waals surface area contributed by atoms with Crippen molar-refractivity contribution in [1.29, 1.82) is 0 Å². The molecule has 1 amide bonds. The number of benzene rings is 2. The number of carbonyl (C=O) groups excluding carboxylic acids is 2. The summed E-state index contributed by atoms with van der Waals surface area (Å²) in [6.07, 6.45) is 0. The number of rotatable bonds is 4. The number of fused-ring (bicyclic) bond motifs is 1. The normalized spacial score (nSPS) is 10.5. The molecule has 3 rings (SSSR count). The van der Waals surface area contributed by atoms with Crippen LogP contribution in [0, 0.1) is 5.82 Å². The van der Waals surface area contributed by atoms with Crippen LogP contribution >= 0.6 is 0 Å². The highest BCUT2D eigenvalue weighted by molar-refractivity contribution is 5.97. The zero-order valence-corrected chi connectivity index (χ0v) is 12.0. The molecule has 1 heterocycles. The van der Waals surface area contributed by atoms with Gasteiger partial charge in [0.2, 0.25) is 0 Å². The zero-order chi connectivity index (χ0) is 16.2. The first-order valence-electron chi connectivity index (χ1n) is 6.92. The second-order valence-corrected chi connectivity index (χ2v) is 4.90. The third kappa shape index (κ3) is 3.55. The Hall–Kier alpha value is -3.15. The number of H-pyrrole nitrogens is 1. The van der Waals surface area contributed by atoms with Gasteiger partial charge in [-0.05, 0) is 30.3 Å². The maximum Gasteiger partial charge on any atom is 0.355 e. The highest BCUT2D eigenvalue weighted by Crippen LogP contribution is 2.15. The summed E-state index contributed by atoms with van der Waals surface area (Å²) >= 11 is 0. The Kier molecular flexibility index (Phi) is 4.05.